The average Bonchev–Trinajstić information content (AvgIpc) is 2.25. The second kappa shape index (κ2) is 5.98. The highest BCUT2D eigenvalue weighted by Gasteiger charge is 2.02. The maximum atomic E-state index is 10.7. The van der Waals surface area contributed by atoms with Crippen molar-refractivity contribution in [2.45, 2.75) is 6.92 Å². The van der Waals surface area contributed by atoms with Crippen molar-refractivity contribution in [1.29, 1.82) is 0 Å². The largest absolute Gasteiger partial charge is 0.461 e. The van der Waals surface area contributed by atoms with Gasteiger partial charge in [0.15, 0.2) is 0 Å². The lowest BCUT2D eigenvalue weighted by atomic mass is 10.1. The quantitative estimate of drug-likeness (QED) is 0.761. The van der Waals surface area contributed by atoms with E-state index in [1.54, 1.807) is 6.08 Å². The van der Waals surface area contributed by atoms with Crippen LogP contribution in [-0.4, -0.2) is 24.3 Å². The maximum Gasteiger partial charge on any atom is 0.302 e. The molecule has 0 heterocycles. The average molecular weight is 206 g/mol. The molecule has 80 valence electrons. The fourth-order valence-corrected chi connectivity index (χ4v) is 1.20. The van der Waals surface area contributed by atoms with Crippen LogP contribution in [0, 0.1) is 0 Å². The number of aliphatic hydroxyl groups is 1. The molecule has 0 saturated heterocycles. The highest BCUT2D eigenvalue weighted by molar-refractivity contribution is 5.71. The van der Waals surface area contributed by atoms with Crippen molar-refractivity contribution >= 4 is 11.5 Å². The summed E-state index contributed by atoms with van der Waals surface area (Å²) in [6, 6.07) is 9.52. The van der Waals surface area contributed by atoms with E-state index in [4.69, 9.17) is 9.84 Å². The predicted molar refractivity (Wildman–Crippen MR) is 58.1 cm³/mol. The van der Waals surface area contributed by atoms with E-state index in [9.17, 15) is 4.79 Å². The maximum absolute atomic E-state index is 10.7. The van der Waals surface area contributed by atoms with Crippen LogP contribution in [0.1, 0.15) is 12.5 Å². The Kier molecular flexibility index (Phi) is 4.57. The molecular weight excluding hydrogens is 192 g/mol. The van der Waals surface area contributed by atoms with Gasteiger partial charge >= 0.3 is 5.97 Å². The standard InChI is InChI=1S/C12H14O3/c1-10(14)15-9-12(7-8-13)11-5-3-2-4-6-11/h2-7,13H,8-9H2,1H3/b12-7-. The van der Waals surface area contributed by atoms with Gasteiger partial charge in [0.2, 0.25) is 0 Å². The third-order valence-electron chi connectivity index (χ3n) is 1.91. The summed E-state index contributed by atoms with van der Waals surface area (Å²) in [5.74, 6) is -0.324. The Hall–Kier alpha value is -1.61. The van der Waals surface area contributed by atoms with Gasteiger partial charge < -0.3 is 9.84 Å². The van der Waals surface area contributed by atoms with E-state index in [1.165, 1.54) is 6.92 Å². The van der Waals surface area contributed by atoms with E-state index in [2.05, 4.69) is 0 Å². The number of rotatable bonds is 4. The molecule has 0 amide bonds. The second-order valence-electron chi connectivity index (χ2n) is 3.06. The molecular formula is C12H14O3. The summed E-state index contributed by atoms with van der Waals surface area (Å²) < 4.78 is 4.89. The zero-order valence-electron chi connectivity index (χ0n) is 8.64. The van der Waals surface area contributed by atoms with Crippen LogP contribution in [0.5, 0.6) is 0 Å². The molecule has 1 rings (SSSR count). The normalized spacial score (nSPS) is 11.2. The number of aliphatic hydroxyl groups excluding tert-OH is 1. The first-order chi connectivity index (χ1) is 7.24. The Bertz CT molecular complexity index is 341. The van der Waals surface area contributed by atoms with Crippen LogP contribution in [0.25, 0.3) is 5.57 Å². The Morgan fingerprint density at radius 3 is 2.60 bits per heavy atom. The van der Waals surface area contributed by atoms with Crippen LogP contribution < -0.4 is 0 Å². The van der Waals surface area contributed by atoms with Gasteiger partial charge in [-0.2, -0.15) is 0 Å². The molecule has 0 spiro atoms. The molecule has 0 radical (unpaired) electrons. The topological polar surface area (TPSA) is 46.5 Å². The number of hydrogen-bond acceptors (Lipinski definition) is 3. The molecule has 0 fully saturated rings. The minimum Gasteiger partial charge on any atom is -0.461 e. The Morgan fingerprint density at radius 2 is 2.07 bits per heavy atom. The van der Waals surface area contributed by atoms with Crippen molar-refractivity contribution in [3.63, 3.8) is 0 Å². The predicted octanol–water partition coefficient (Wildman–Crippen LogP) is 1.63. The second-order valence-corrected chi connectivity index (χ2v) is 3.06. The molecule has 0 aliphatic carbocycles. The fourth-order valence-electron chi connectivity index (χ4n) is 1.20. The summed E-state index contributed by atoms with van der Waals surface area (Å²) in [7, 11) is 0. The van der Waals surface area contributed by atoms with E-state index in [0.717, 1.165) is 11.1 Å². The van der Waals surface area contributed by atoms with Gasteiger partial charge in [0, 0.05) is 6.92 Å². The van der Waals surface area contributed by atoms with Crippen LogP contribution in [0.4, 0.5) is 0 Å². The van der Waals surface area contributed by atoms with Crippen molar-refractivity contribution in [1.82, 2.24) is 0 Å². The third-order valence-corrected chi connectivity index (χ3v) is 1.91. The van der Waals surface area contributed by atoms with Crippen LogP contribution in [0.15, 0.2) is 36.4 Å². The van der Waals surface area contributed by atoms with E-state index in [-0.39, 0.29) is 19.2 Å². The molecule has 0 aromatic heterocycles. The van der Waals surface area contributed by atoms with Crippen molar-refractivity contribution in [2.24, 2.45) is 0 Å². The Balaban J connectivity index is 2.75. The summed E-state index contributed by atoms with van der Waals surface area (Å²) in [6.45, 7) is 1.49. The molecule has 0 aliphatic heterocycles. The zero-order valence-corrected chi connectivity index (χ0v) is 8.64. The molecule has 1 aromatic rings. The van der Waals surface area contributed by atoms with Gasteiger partial charge in [0.05, 0.1) is 6.61 Å². The minimum absolute atomic E-state index is 0.0640. The molecule has 15 heavy (non-hydrogen) atoms. The molecule has 3 nitrogen and oxygen atoms in total. The lowest BCUT2D eigenvalue weighted by Crippen LogP contribution is -2.03. The summed E-state index contributed by atoms with van der Waals surface area (Å²) in [5, 5.41) is 8.85. The van der Waals surface area contributed by atoms with E-state index < -0.39 is 0 Å². The monoisotopic (exact) mass is 206 g/mol. The summed E-state index contributed by atoms with van der Waals surface area (Å²) in [6.07, 6.45) is 1.64. The van der Waals surface area contributed by atoms with Gasteiger partial charge in [-0.1, -0.05) is 36.4 Å². The lowest BCUT2D eigenvalue weighted by Gasteiger charge is -2.07. The third kappa shape index (κ3) is 3.95. The van der Waals surface area contributed by atoms with E-state index in [0.29, 0.717) is 0 Å². The first-order valence-electron chi connectivity index (χ1n) is 4.72. The van der Waals surface area contributed by atoms with Crippen molar-refractivity contribution < 1.29 is 14.6 Å². The molecule has 0 atom stereocenters. The molecule has 0 aliphatic rings. The smallest absolute Gasteiger partial charge is 0.302 e. The number of carbonyl (C=O) groups is 1. The van der Waals surface area contributed by atoms with Crippen LogP contribution >= 0.6 is 0 Å². The molecule has 3 heteroatoms. The summed E-state index contributed by atoms with van der Waals surface area (Å²) >= 11 is 0. The first kappa shape index (κ1) is 11.5. The molecule has 0 saturated carbocycles. The molecule has 1 aromatic carbocycles. The molecule has 1 N–H and O–H groups in total. The van der Waals surface area contributed by atoms with E-state index in [1.807, 2.05) is 30.3 Å². The minimum atomic E-state index is -0.324. The summed E-state index contributed by atoms with van der Waals surface area (Å²) in [4.78, 5) is 10.7. The van der Waals surface area contributed by atoms with Crippen LogP contribution in [-0.2, 0) is 9.53 Å². The molecule has 0 bridgehead atoms. The number of ether oxygens (including phenoxy) is 1. The van der Waals surface area contributed by atoms with Crippen LogP contribution in [0.3, 0.4) is 0 Å². The Labute approximate surface area is 89.0 Å². The van der Waals surface area contributed by atoms with E-state index >= 15 is 0 Å². The molecule has 0 unspecified atom stereocenters. The number of hydrogen-bond donors (Lipinski definition) is 1. The number of benzene rings is 1. The highest BCUT2D eigenvalue weighted by Crippen LogP contribution is 2.13. The van der Waals surface area contributed by atoms with Gasteiger partial charge in [-0.15, -0.1) is 0 Å². The summed E-state index contributed by atoms with van der Waals surface area (Å²) in [5.41, 5.74) is 1.76. The van der Waals surface area contributed by atoms with Gasteiger partial charge in [0.1, 0.15) is 6.61 Å². The Morgan fingerprint density at radius 1 is 1.40 bits per heavy atom. The zero-order chi connectivity index (χ0) is 11.1. The number of carbonyl (C=O) groups excluding carboxylic acids is 1. The van der Waals surface area contributed by atoms with Crippen molar-refractivity contribution in [3.05, 3.63) is 42.0 Å². The van der Waals surface area contributed by atoms with Crippen LogP contribution in [0.2, 0.25) is 0 Å². The highest BCUT2D eigenvalue weighted by atomic mass is 16.5. The van der Waals surface area contributed by atoms with Gasteiger partial charge in [0.25, 0.3) is 0 Å². The number of esters is 1. The lowest BCUT2D eigenvalue weighted by molar-refractivity contribution is -0.139. The van der Waals surface area contributed by atoms with Gasteiger partial charge in [-0.3, -0.25) is 4.79 Å². The van der Waals surface area contributed by atoms with Gasteiger partial charge in [-0.25, -0.2) is 0 Å². The van der Waals surface area contributed by atoms with Gasteiger partial charge in [-0.05, 0) is 11.1 Å². The van der Waals surface area contributed by atoms with Crippen molar-refractivity contribution in [3.8, 4) is 0 Å². The van der Waals surface area contributed by atoms with Crippen molar-refractivity contribution in [2.75, 3.05) is 13.2 Å². The fraction of sp³-hybridized carbons (Fsp3) is 0.250. The SMILES string of the molecule is CC(=O)OC/C(=C/CO)c1ccccc1. The first-order valence-corrected chi connectivity index (χ1v) is 4.72.